The summed E-state index contributed by atoms with van der Waals surface area (Å²) in [5.74, 6) is 6.10. The van der Waals surface area contributed by atoms with Gasteiger partial charge in [0.15, 0.2) is 0 Å². The van der Waals surface area contributed by atoms with Gasteiger partial charge >= 0.3 is 0 Å². The molecule has 0 N–H and O–H groups in total. The van der Waals surface area contributed by atoms with Crippen LogP contribution in [0.2, 0.25) is 5.02 Å². The quantitative estimate of drug-likeness (QED) is 0.488. The molecule has 1 fully saturated rings. The van der Waals surface area contributed by atoms with Gasteiger partial charge in [-0.3, -0.25) is 4.79 Å². The van der Waals surface area contributed by atoms with Crippen LogP contribution in [0, 0.1) is 17.8 Å². The van der Waals surface area contributed by atoms with Crippen LogP contribution in [-0.2, 0) is 4.79 Å². The van der Waals surface area contributed by atoms with E-state index in [0.29, 0.717) is 29.2 Å². The second-order valence-electron chi connectivity index (χ2n) is 8.33. The molecule has 1 aliphatic rings. The van der Waals surface area contributed by atoms with E-state index in [1.807, 2.05) is 13.1 Å². The fourth-order valence-corrected chi connectivity index (χ4v) is 3.98. The molecule has 0 bridgehead atoms. The monoisotopic (exact) mass is 399 g/mol. The van der Waals surface area contributed by atoms with Gasteiger partial charge in [0, 0.05) is 46.8 Å². The molecule has 0 aromatic heterocycles. The average Bonchev–Trinajstić information content (AvgIpc) is 2.60. The zero-order valence-electron chi connectivity index (χ0n) is 17.8. The summed E-state index contributed by atoms with van der Waals surface area (Å²) in [6.07, 6.45) is 1.12. The van der Waals surface area contributed by atoms with Crippen LogP contribution in [0.1, 0.15) is 57.6 Å². The van der Waals surface area contributed by atoms with Crippen LogP contribution in [-0.4, -0.2) is 30.4 Å². The number of halogens is 1. The number of nitrogens with zero attached hydrogens (tertiary/aromatic N) is 1. The lowest BCUT2D eigenvalue weighted by atomic mass is 9.73. The molecule has 0 radical (unpaired) electrons. The number of hydrogen-bond acceptors (Lipinski definition) is 3. The molecule has 3 nitrogen and oxygen atoms in total. The highest BCUT2D eigenvalue weighted by molar-refractivity contribution is 6.32. The summed E-state index contributed by atoms with van der Waals surface area (Å²) in [5, 5.41) is 0.487. The Morgan fingerprint density at radius 3 is 2.46 bits per heavy atom. The van der Waals surface area contributed by atoms with Crippen molar-refractivity contribution in [3.63, 3.8) is 0 Å². The molecule has 1 aromatic carbocycles. The van der Waals surface area contributed by atoms with Crippen molar-refractivity contribution in [3.8, 4) is 17.6 Å². The molecule has 2 rings (SSSR count). The minimum Gasteiger partial charge on any atom is -0.496 e. The number of ketones is 1. The first-order chi connectivity index (χ1) is 13.0. The van der Waals surface area contributed by atoms with Gasteiger partial charge in [-0.2, -0.15) is 0 Å². The summed E-state index contributed by atoms with van der Waals surface area (Å²) in [6.45, 7) is 16.6. The van der Waals surface area contributed by atoms with Gasteiger partial charge in [-0.25, -0.2) is 0 Å². The van der Waals surface area contributed by atoms with Gasteiger partial charge in [-0.15, -0.1) is 5.92 Å². The van der Waals surface area contributed by atoms with E-state index < -0.39 is 5.92 Å². The van der Waals surface area contributed by atoms with Gasteiger partial charge in [0.25, 0.3) is 0 Å². The Morgan fingerprint density at radius 1 is 1.32 bits per heavy atom. The number of carbonyl (C=O) groups is 1. The Balaban J connectivity index is 2.36. The summed E-state index contributed by atoms with van der Waals surface area (Å²) in [6, 6.07) is 3.62. The molecule has 28 heavy (non-hydrogen) atoms. The Kier molecular flexibility index (Phi) is 6.67. The highest BCUT2D eigenvalue weighted by Gasteiger charge is 2.38. The van der Waals surface area contributed by atoms with Crippen molar-refractivity contribution < 1.29 is 9.53 Å². The van der Waals surface area contributed by atoms with Crippen molar-refractivity contribution in [3.05, 3.63) is 52.7 Å². The number of benzene rings is 1. The van der Waals surface area contributed by atoms with E-state index in [-0.39, 0.29) is 17.2 Å². The molecule has 0 saturated heterocycles. The summed E-state index contributed by atoms with van der Waals surface area (Å²) in [7, 11) is 3.60. The molecule has 2 unspecified atom stereocenters. The lowest BCUT2D eigenvalue weighted by Crippen LogP contribution is -2.40. The van der Waals surface area contributed by atoms with Crippen LogP contribution in [0.15, 0.2) is 36.6 Å². The number of methoxy groups -OCH3 is 1. The predicted molar refractivity (Wildman–Crippen MR) is 117 cm³/mol. The molecular formula is C24H30ClNO2. The van der Waals surface area contributed by atoms with E-state index in [2.05, 4.69) is 50.7 Å². The normalized spacial score (nSPS) is 19.7. The van der Waals surface area contributed by atoms with Gasteiger partial charge in [0.1, 0.15) is 11.5 Å². The Bertz CT molecular complexity index is 849. The van der Waals surface area contributed by atoms with Crippen molar-refractivity contribution in [2.24, 2.45) is 5.92 Å². The predicted octanol–water partition coefficient (Wildman–Crippen LogP) is 5.58. The van der Waals surface area contributed by atoms with Gasteiger partial charge in [0.2, 0.25) is 0 Å². The van der Waals surface area contributed by atoms with Crippen LogP contribution >= 0.6 is 11.6 Å². The van der Waals surface area contributed by atoms with Gasteiger partial charge in [-0.1, -0.05) is 36.3 Å². The van der Waals surface area contributed by atoms with E-state index in [1.54, 1.807) is 20.1 Å². The molecule has 0 spiro atoms. The van der Waals surface area contributed by atoms with Gasteiger partial charge in [0.05, 0.1) is 13.0 Å². The molecule has 0 aliphatic heterocycles. The minimum atomic E-state index is -0.463. The van der Waals surface area contributed by atoms with Crippen LogP contribution in [0.5, 0.6) is 5.75 Å². The third-order valence-electron chi connectivity index (χ3n) is 5.46. The molecule has 2 atom stereocenters. The summed E-state index contributed by atoms with van der Waals surface area (Å²) in [5.41, 5.74) is 3.21. The van der Waals surface area contributed by atoms with Crippen molar-refractivity contribution in [1.29, 1.82) is 0 Å². The van der Waals surface area contributed by atoms with E-state index in [0.717, 1.165) is 16.8 Å². The summed E-state index contributed by atoms with van der Waals surface area (Å²) < 4.78 is 5.55. The number of rotatable bonds is 4. The molecule has 1 saturated carbocycles. The van der Waals surface area contributed by atoms with Crippen LogP contribution in [0.3, 0.4) is 0 Å². The highest BCUT2D eigenvalue weighted by atomic mass is 35.5. The highest BCUT2D eigenvalue weighted by Crippen LogP contribution is 2.45. The first kappa shape index (κ1) is 22.1. The smallest absolute Gasteiger partial charge is 0.145 e. The first-order valence-electron chi connectivity index (χ1n) is 9.44. The number of ether oxygens (including phenoxy) is 1. The zero-order valence-corrected chi connectivity index (χ0v) is 18.5. The third-order valence-corrected chi connectivity index (χ3v) is 5.78. The molecule has 1 aromatic rings. The van der Waals surface area contributed by atoms with Crippen molar-refractivity contribution >= 4 is 17.4 Å². The molecule has 1 aliphatic carbocycles. The van der Waals surface area contributed by atoms with Crippen molar-refractivity contribution in [2.45, 2.75) is 52.0 Å². The Hall–Kier alpha value is -2.18. The largest absolute Gasteiger partial charge is 0.496 e. The maximum Gasteiger partial charge on any atom is 0.145 e. The maximum absolute atomic E-state index is 13.2. The van der Waals surface area contributed by atoms with E-state index in [4.69, 9.17) is 16.3 Å². The number of carbonyl (C=O) groups excluding carboxylic acids is 1. The van der Waals surface area contributed by atoms with Gasteiger partial charge in [-0.05, 0) is 46.2 Å². The summed E-state index contributed by atoms with van der Waals surface area (Å²) >= 11 is 6.56. The first-order valence-corrected chi connectivity index (χ1v) is 9.82. The van der Waals surface area contributed by atoms with Crippen LogP contribution < -0.4 is 4.74 Å². The fraction of sp³-hybridized carbons (Fsp3) is 0.458. The number of hydrogen-bond donors (Lipinski definition) is 0. The number of allylic oxidation sites excluding steroid dienone is 2. The van der Waals surface area contributed by atoms with E-state index >= 15 is 0 Å². The van der Waals surface area contributed by atoms with Crippen molar-refractivity contribution in [2.75, 3.05) is 14.2 Å². The molecular weight excluding hydrogens is 370 g/mol. The average molecular weight is 400 g/mol. The SMILES string of the molecule is C=C1CC(C(=C)N(C)C(C)(C)C)CC(=O)C1c1c(Cl)cc(C#CC)cc1OC. The van der Waals surface area contributed by atoms with Crippen LogP contribution in [0.25, 0.3) is 0 Å². The molecule has 0 heterocycles. The van der Waals surface area contributed by atoms with Gasteiger partial charge < -0.3 is 9.64 Å². The van der Waals surface area contributed by atoms with E-state index in [9.17, 15) is 4.79 Å². The maximum atomic E-state index is 13.2. The van der Waals surface area contributed by atoms with E-state index in [1.165, 1.54) is 0 Å². The van der Waals surface area contributed by atoms with Crippen LogP contribution in [0.4, 0.5) is 0 Å². The second kappa shape index (κ2) is 8.45. The number of Topliss-reactive ketones (excluding diaryl/α,β-unsaturated/α-hetero) is 1. The fourth-order valence-electron chi connectivity index (χ4n) is 3.66. The third kappa shape index (κ3) is 4.45. The molecule has 0 amide bonds. The second-order valence-corrected chi connectivity index (χ2v) is 8.74. The standard InChI is InChI=1S/C24H30ClNO2/c1-9-10-17-12-19(25)23(21(13-17)28-8)22-15(2)11-18(14-20(22)27)16(3)26(7)24(4,5)6/h12-13,18,22H,2-3,11,14H2,1,4-8H3. The summed E-state index contributed by atoms with van der Waals surface area (Å²) in [4.78, 5) is 15.3. The Labute approximate surface area is 174 Å². The van der Waals surface area contributed by atoms with Crippen molar-refractivity contribution in [1.82, 2.24) is 4.90 Å². The Morgan fingerprint density at radius 2 is 1.96 bits per heavy atom. The lowest BCUT2D eigenvalue weighted by molar-refractivity contribution is -0.121. The lowest BCUT2D eigenvalue weighted by Gasteiger charge is -2.41. The molecule has 4 heteroatoms. The minimum absolute atomic E-state index is 0.0514. The topological polar surface area (TPSA) is 29.5 Å². The zero-order chi connectivity index (χ0) is 21.2. The molecule has 150 valence electrons.